The largest absolute Gasteiger partial charge is 0.383 e. The summed E-state index contributed by atoms with van der Waals surface area (Å²) < 4.78 is 6.89. The molecule has 0 saturated carbocycles. The highest BCUT2D eigenvalue weighted by Crippen LogP contribution is 2.05. The Kier molecular flexibility index (Phi) is 6.47. The highest BCUT2D eigenvalue weighted by molar-refractivity contribution is 6.20. The molecule has 0 aliphatic carbocycles. The van der Waals surface area contributed by atoms with Crippen molar-refractivity contribution in [2.45, 2.75) is 38.2 Å². The molecule has 1 aromatic rings. The van der Waals surface area contributed by atoms with Crippen molar-refractivity contribution >= 4 is 11.6 Å². The number of nitrogens with one attached hydrogen (secondary N) is 1. The van der Waals surface area contributed by atoms with Gasteiger partial charge >= 0.3 is 0 Å². The van der Waals surface area contributed by atoms with Gasteiger partial charge < -0.3 is 10.1 Å². The lowest BCUT2D eigenvalue weighted by Gasteiger charge is -2.11. The molecule has 17 heavy (non-hydrogen) atoms. The van der Waals surface area contributed by atoms with Gasteiger partial charge in [0.05, 0.1) is 18.5 Å². The topological polar surface area (TPSA) is 52.0 Å². The van der Waals surface area contributed by atoms with E-state index in [9.17, 15) is 0 Å². The minimum atomic E-state index is 0.0652. The van der Waals surface area contributed by atoms with Crippen LogP contribution in [0.2, 0.25) is 0 Å². The van der Waals surface area contributed by atoms with Crippen LogP contribution in [0.5, 0.6) is 0 Å². The summed E-state index contributed by atoms with van der Waals surface area (Å²) in [7, 11) is 1.66. The SMILES string of the molecule is COCC(Cl)CCNCc1ncnn1C(C)C. The highest BCUT2D eigenvalue weighted by atomic mass is 35.5. The van der Waals surface area contributed by atoms with Crippen molar-refractivity contribution < 1.29 is 4.74 Å². The van der Waals surface area contributed by atoms with Crippen LogP contribution in [-0.2, 0) is 11.3 Å². The first-order valence-electron chi connectivity index (χ1n) is 5.87. The molecular weight excluding hydrogens is 240 g/mol. The molecule has 1 atom stereocenters. The van der Waals surface area contributed by atoms with Gasteiger partial charge in [-0.3, -0.25) is 0 Å². The number of hydrogen-bond donors (Lipinski definition) is 1. The Hall–Kier alpha value is -0.650. The third kappa shape index (κ3) is 5.02. The number of alkyl halides is 1. The number of aromatic nitrogens is 3. The second-order valence-electron chi connectivity index (χ2n) is 4.23. The molecule has 1 aromatic heterocycles. The van der Waals surface area contributed by atoms with Crippen LogP contribution in [0.25, 0.3) is 0 Å². The minimum absolute atomic E-state index is 0.0652. The molecule has 0 radical (unpaired) electrons. The van der Waals surface area contributed by atoms with E-state index in [4.69, 9.17) is 16.3 Å². The molecule has 1 heterocycles. The Balaban J connectivity index is 2.24. The first-order chi connectivity index (χ1) is 8.15. The lowest BCUT2D eigenvalue weighted by Crippen LogP contribution is -2.22. The normalized spacial score (nSPS) is 13.2. The van der Waals surface area contributed by atoms with Gasteiger partial charge in [0.15, 0.2) is 0 Å². The fraction of sp³-hybridized carbons (Fsp3) is 0.818. The molecule has 0 spiro atoms. The standard InChI is InChI=1S/C11H21ClN4O/c1-9(2)16-11(14-8-15-16)6-13-5-4-10(12)7-17-3/h8-10,13H,4-7H2,1-3H3. The van der Waals surface area contributed by atoms with Crippen LogP contribution in [0.15, 0.2) is 6.33 Å². The summed E-state index contributed by atoms with van der Waals surface area (Å²) in [4.78, 5) is 4.22. The maximum Gasteiger partial charge on any atom is 0.141 e. The number of nitrogens with zero attached hydrogens (tertiary/aromatic N) is 3. The van der Waals surface area contributed by atoms with Gasteiger partial charge in [-0.1, -0.05) is 0 Å². The quantitative estimate of drug-likeness (QED) is 0.570. The van der Waals surface area contributed by atoms with Gasteiger partial charge in [-0.05, 0) is 26.8 Å². The zero-order chi connectivity index (χ0) is 12.7. The van der Waals surface area contributed by atoms with Crippen molar-refractivity contribution in [1.82, 2.24) is 20.1 Å². The predicted octanol–water partition coefficient (Wildman–Crippen LogP) is 1.59. The fourth-order valence-corrected chi connectivity index (χ4v) is 1.79. The second kappa shape index (κ2) is 7.63. The average molecular weight is 261 g/mol. The monoisotopic (exact) mass is 260 g/mol. The van der Waals surface area contributed by atoms with Crippen LogP contribution in [0.4, 0.5) is 0 Å². The third-order valence-corrected chi connectivity index (χ3v) is 2.75. The summed E-state index contributed by atoms with van der Waals surface area (Å²) in [6, 6.07) is 0.337. The van der Waals surface area contributed by atoms with Gasteiger partial charge in [-0.2, -0.15) is 5.10 Å². The first-order valence-corrected chi connectivity index (χ1v) is 6.31. The van der Waals surface area contributed by atoms with Crippen molar-refractivity contribution in [1.29, 1.82) is 0 Å². The Morgan fingerprint density at radius 1 is 1.53 bits per heavy atom. The molecular formula is C11H21ClN4O. The molecule has 6 heteroatoms. The van der Waals surface area contributed by atoms with Crippen LogP contribution in [-0.4, -0.2) is 40.4 Å². The number of halogens is 1. The molecule has 0 saturated heterocycles. The van der Waals surface area contributed by atoms with Crippen molar-refractivity contribution in [3.05, 3.63) is 12.2 Å². The molecule has 1 N–H and O–H groups in total. The molecule has 1 rings (SSSR count). The van der Waals surface area contributed by atoms with Crippen LogP contribution in [0.1, 0.15) is 32.1 Å². The third-order valence-electron chi connectivity index (χ3n) is 2.40. The smallest absolute Gasteiger partial charge is 0.141 e. The maximum absolute atomic E-state index is 6.03. The average Bonchev–Trinajstić information content (AvgIpc) is 2.73. The highest BCUT2D eigenvalue weighted by Gasteiger charge is 2.07. The van der Waals surface area contributed by atoms with Crippen molar-refractivity contribution in [2.75, 3.05) is 20.3 Å². The van der Waals surface area contributed by atoms with Gasteiger partial charge in [-0.25, -0.2) is 9.67 Å². The van der Waals surface area contributed by atoms with E-state index in [-0.39, 0.29) is 5.38 Å². The van der Waals surface area contributed by atoms with E-state index in [1.807, 2.05) is 4.68 Å². The Bertz CT molecular complexity index is 316. The van der Waals surface area contributed by atoms with E-state index >= 15 is 0 Å². The molecule has 1 unspecified atom stereocenters. The van der Waals surface area contributed by atoms with Crippen molar-refractivity contribution in [3.63, 3.8) is 0 Å². The summed E-state index contributed by atoms with van der Waals surface area (Å²) in [5.74, 6) is 0.956. The molecule has 98 valence electrons. The van der Waals surface area contributed by atoms with Crippen molar-refractivity contribution in [3.8, 4) is 0 Å². The zero-order valence-electron chi connectivity index (χ0n) is 10.7. The van der Waals surface area contributed by atoms with E-state index < -0.39 is 0 Å². The van der Waals surface area contributed by atoms with Gasteiger partial charge in [0.25, 0.3) is 0 Å². The Morgan fingerprint density at radius 3 is 2.94 bits per heavy atom. The number of hydrogen-bond acceptors (Lipinski definition) is 4. The number of methoxy groups -OCH3 is 1. The van der Waals surface area contributed by atoms with Crippen LogP contribution < -0.4 is 5.32 Å². The first kappa shape index (κ1) is 14.4. The van der Waals surface area contributed by atoms with Crippen LogP contribution >= 0.6 is 11.6 Å². The summed E-state index contributed by atoms with van der Waals surface area (Å²) in [5, 5.41) is 7.55. The molecule has 0 aliphatic rings. The lowest BCUT2D eigenvalue weighted by atomic mass is 10.3. The number of ether oxygens (including phenoxy) is 1. The Labute approximate surface area is 108 Å². The second-order valence-corrected chi connectivity index (χ2v) is 4.85. The number of rotatable bonds is 8. The maximum atomic E-state index is 6.03. The van der Waals surface area contributed by atoms with Crippen molar-refractivity contribution in [2.24, 2.45) is 0 Å². The molecule has 0 aliphatic heterocycles. The molecule has 0 bridgehead atoms. The molecule has 0 aromatic carbocycles. The summed E-state index contributed by atoms with van der Waals surface area (Å²) in [6.07, 6.45) is 2.47. The summed E-state index contributed by atoms with van der Waals surface area (Å²) >= 11 is 6.03. The molecule has 5 nitrogen and oxygen atoms in total. The minimum Gasteiger partial charge on any atom is -0.383 e. The van der Waals surface area contributed by atoms with Gasteiger partial charge in [0.1, 0.15) is 12.2 Å². The van der Waals surface area contributed by atoms with Gasteiger partial charge in [0.2, 0.25) is 0 Å². The predicted molar refractivity (Wildman–Crippen MR) is 68.2 cm³/mol. The van der Waals surface area contributed by atoms with E-state index in [0.717, 1.165) is 25.3 Å². The van der Waals surface area contributed by atoms with Crippen LogP contribution in [0.3, 0.4) is 0 Å². The van der Waals surface area contributed by atoms with E-state index in [1.54, 1.807) is 13.4 Å². The summed E-state index contributed by atoms with van der Waals surface area (Å²) in [6.45, 7) is 6.33. The van der Waals surface area contributed by atoms with E-state index in [0.29, 0.717) is 12.6 Å². The van der Waals surface area contributed by atoms with Gasteiger partial charge in [0, 0.05) is 13.2 Å². The van der Waals surface area contributed by atoms with Crippen LogP contribution in [0, 0.1) is 0 Å². The molecule has 0 amide bonds. The Morgan fingerprint density at radius 2 is 2.29 bits per heavy atom. The summed E-state index contributed by atoms with van der Waals surface area (Å²) in [5.41, 5.74) is 0. The van der Waals surface area contributed by atoms with E-state index in [2.05, 4.69) is 29.2 Å². The lowest BCUT2D eigenvalue weighted by molar-refractivity contribution is 0.195. The fourth-order valence-electron chi connectivity index (χ4n) is 1.55. The zero-order valence-corrected chi connectivity index (χ0v) is 11.4. The van der Waals surface area contributed by atoms with E-state index in [1.165, 1.54) is 0 Å². The molecule has 0 fully saturated rings. The van der Waals surface area contributed by atoms with Gasteiger partial charge in [-0.15, -0.1) is 11.6 Å².